The van der Waals surface area contributed by atoms with Crippen LogP contribution in [0.25, 0.3) is 0 Å². The molecule has 2 aromatic rings. The molecule has 140 valence electrons. The molecule has 1 unspecified atom stereocenters. The summed E-state index contributed by atoms with van der Waals surface area (Å²) in [5, 5.41) is 7.65. The molecule has 1 atom stereocenters. The van der Waals surface area contributed by atoms with Gasteiger partial charge in [0, 0.05) is 32.2 Å². The highest BCUT2D eigenvalue weighted by atomic mass is 16.1. The Morgan fingerprint density at radius 3 is 2.54 bits per heavy atom. The van der Waals surface area contributed by atoms with Gasteiger partial charge in [-0.15, -0.1) is 0 Å². The molecule has 7 nitrogen and oxygen atoms in total. The smallest absolute Gasteiger partial charge is 0.254 e. The first-order chi connectivity index (χ1) is 12.5. The van der Waals surface area contributed by atoms with Crippen LogP contribution < -0.4 is 21.7 Å². The average molecular weight is 356 g/mol. The fourth-order valence-corrected chi connectivity index (χ4v) is 3.72. The minimum atomic E-state index is -0.517. The van der Waals surface area contributed by atoms with E-state index in [1.165, 1.54) is 41.9 Å². The number of nitrogens with zero attached hydrogens (tertiary/aromatic N) is 3. The first-order valence-corrected chi connectivity index (χ1v) is 9.11. The van der Waals surface area contributed by atoms with Gasteiger partial charge in [0.25, 0.3) is 5.91 Å². The molecule has 1 fully saturated rings. The molecule has 2 aliphatic heterocycles. The molecule has 1 amide bonds. The third-order valence-corrected chi connectivity index (χ3v) is 5.07. The molecule has 4 rings (SSSR count). The van der Waals surface area contributed by atoms with Gasteiger partial charge in [0.05, 0.1) is 5.69 Å². The van der Waals surface area contributed by atoms with Gasteiger partial charge in [0.2, 0.25) is 0 Å². The fourth-order valence-electron chi connectivity index (χ4n) is 3.72. The van der Waals surface area contributed by atoms with Crippen LogP contribution in [0.1, 0.15) is 40.4 Å². The number of fused-ring (bicyclic) bond motifs is 1. The molecule has 0 radical (unpaired) electrons. The largest absolute Gasteiger partial charge is 0.383 e. The predicted molar refractivity (Wildman–Crippen MR) is 104 cm³/mol. The number of benzene rings is 1. The van der Waals surface area contributed by atoms with E-state index in [9.17, 15) is 4.79 Å². The van der Waals surface area contributed by atoms with E-state index in [2.05, 4.69) is 27.4 Å². The number of hydrogen-bond donors (Lipinski definition) is 3. The molecule has 0 aliphatic carbocycles. The summed E-state index contributed by atoms with van der Waals surface area (Å²) in [7, 11) is 3.77. The van der Waals surface area contributed by atoms with Gasteiger partial charge in [-0.05, 0) is 44.0 Å². The Bertz CT molecular complexity index is 773. The second-order valence-corrected chi connectivity index (χ2v) is 7.00. The maximum atomic E-state index is 11.7. The highest BCUT2D eigenvalue weighted by molar-refractivity contribution is 5.98. The number of aromatic nitrogens is 2. The number of rotatable bonds is 2. The van der Waals surface area contributed by atoms with Crippen molar-refractivity contribution in [3.8, 4) is 0 Å². The molecule has 1 saturated heterocycles. The summed E-state index contributed by atoms with van der Waals surface area (Å²) < 4.78 is 1.52. The maximum absolute atomic E-state index is 11.7. The zero-order valence-electron chi connectivity index (χ0n) is 15.5. The van der Waals surface area contributed by atoms with E-state index in [4.69, 9.17) is 11.5 Å². The Kier molecular flexibility index (Phi) is 5.46. The molecule has 0 bridgehead atoms. The lowest BCUT2D eigenvalue weighted by molar-refractivity contribution is 0.0999. The number of para-hydroxylation sites is 1. The molecule has 1 aromatic carbocycles. The summed E-state index contributed by atoms with van der Waals surface area (Å²) in [6, 6.07) is 8.27. The summed E-state index contributed by atoms with van der Waals surface area (Å²) in [6.07, 6.45) is 3.61. The summed E-state index contributed by atoms with van der Waals surface area (Å²) in [6.45, 7) is 3.29. The number of primary amides is 1. The molecule has 5 N–H and O–H groups in total. The van der Waals surface area contributed by atoms with Crippen molar-refractivity contribution in [3.05, 3.63) is 41.1 Å². The third kappa shape index (κ3) is 3.67. The fraction of sp³-hybridized carbons (Fsp3) is 0.474. The van der Waals surface area contributed by atoms with Crippen molar-refractivity contribution in [2.24, 2.45) is 12.8 Å². The lowest BCUT2D eigenvalue weighted by atomic mass is 9.88. The van der Waals surface area contributed by atoms with Crippen LogP contribution in [0.2, 0.25) is 0 Å². The second kappa shape index (κ2) is 7.78. The van der Waals surface area contributed by atoms with Crippen LogP contribution >= 0.6 is 0 Å². The van der Waals surface area contributed by atoms with Crippen LogP contribution in [-0.4, -0.2) is 42.4 Å². The summed E-state index contributed by atoms with van der Waals surface area (Å²) in [5.74, 6) is -0.0768. The summed E-state index contributed by atoms with van der Waals surface area (Å²) in [4.78, 5) is 13.9. The van der Waals surface area contributed by atoms with Crippen LogP contribution in [0, 0.1) is 0 Å². The molecular formula is C19H28N6O. The van der Waals surface area contributed by atoms with Gasteiger partial charge in [-0.3, -0.25) is 9.48 Å². The topological polar surface area (TPSA) is 102 Å². The Morgan fingerprint density at radius 1 is 1.23 bits per heavy atom. The lowest BCUT2D eigenvalue weighted by Gasteiger charge is -2.32. The highest BCUT2D eigenvalue weighted by Crippen LogP contribution is 2.35. The van der Waals surface area contributed by atoms with E-state index in [0.717, 1.165) is 13.0 Å². The second-order valence-electron chi connectivity index (χ2n) is 7.00. The number of carbonyl (C=O) groups is 1. The van der Waals surface area contributed by atoms with Gasteiger partial charge in [-0.2, -0.15) is 5.10 Å². The van der Waals surface area contributed by atoms with E-state index in [1.807, 2.05) is 19.2 Å². The predicted octanol–water partition coefficient (Wildman–Crippen LogP) is 1.25. The zero-order valence-corrected chi connectivity index (χ0v) is 15.5. The van der Waals surface area contributed by atoms with Crippen LogP contribution in [-0.2, 0) is 13.5 Å². The van der Waals surface area contributed by atoms with Gasteiger partial charge < -0.3 is 21.7 Å². The van der Waals surface area contributed by atoms with Crippen molar-refractivity contribution in [2.75, 3.05) is 37.3 Å². The van der Waals surface area contributed by atoms with E-state index in [-0.39, 0.29) is 5.92 Å². The van der Waals surface area contributed by atoms with Crippen LogP contribution in [0.3, 0.4) is 0 Å². The average Bonchev–Trinajstić information content (AvgIpc) is 3.28. The van der Waals surface area contributed by atoms with Crippen LogP contribution in [0.15, 0.2) is 24.3 Å². The summed E-state index contributed by atoms with van der Waals surface area (Å²) in [5.41, 5.74) is 14.9. The highest BCUT2D eigenvalue weighted by Gasteiger charge is 2.30. The van der Waals surface area contributed by atoms with Gasteiger partial charge in [-0.1, -0.05) is 18.2 Å². The van der Waals surface area contributed by atoms with E-state index >= 15 is 0 Å². The molecule has 0 saturated carbocycles. The number of nitrogens with one attached hydrogen (secondary N) is 1. The van der Waals surface area contributed by atoms with Crippen molar-refractivity contribution in [1.29, 1.82) is 0 Å². The standard InChI is InChI=1S/C15H19N5O.C4H9N/c1-19-8-10(7-9-5-3-4-6-11(9)19)13-12(15(17)21)14(16)20(2)18-13;1-2-4-5-3-1/h3-6,10H,7-8,16H2,1-2H3,(H2,17,21);5H,1-4H2. The number of nitrogen functional groups attached to an aromatic ring is 1. The minimum Gasteiger partial charge on any atom is -0.383 e. The quantitative estimate of drug-likeness (QED) is 0.751. The van der Waals surface area contributed by atoms with Crippen LogP contribution in [0.5, 0.6) is 0 Å². The van der Waals surface area contributed by atoms with E-state index in [0.29, 0.717) is 17.1 Å². The number of aryl methyl sites for hydroxylation is 1. The zero-order chi connectivity index (χ0) is 18.7. The van der Waals surface area contributed by atoms with Crippen molar-refractivity contribution in [3.63, 3.8) is 0 Å². The van der Waals surface area contributed by atoms with Gasteiger partial charge in [0.1, 0.15) is 11.4 Å². The normalized spacial score (nSPS) is 18.8. The SMILES string of the molecule is C1CCNC1.CN1CC(c2nn(C)c(N)c2C(N)=O)Cc2ccccc21. The van der Waals surface area contributed by atoms with E-state index in [1.54, 1.807) is 7.05 Å². The van der Waals surface area contributed by atoms with Crippen molar-refractivity contribution in [2.45, 2.75) is 25.2 Å². The Balaban J connectivity index is 0.000000339. The number of anilines is 2. The third-order valence-electron chi connectivity index (χ3n) is 5.07. The molecule has 7 heteroatoms. The molecule has 3 heterocycles. The number of nitrogens with two attached hydrogens (primary N) is 2. The number of hydrogen-bond acceptors (Lipinski definition) is 5. The molecular weight excluding hydrogens is 328 g/mol. The summed E-state index contributed by atoms with van der Waals surface area (Å²) >= 11 is 0. The van der Waals surface area contributed by atoms with Crippen LogP contribution in [0.4, 0.5) is 11.5 Å². The first-order valence-electron chi connectivity index (χ1n) is 9.11. The van der Waals surface area contributed by atoms with Crippen molar-refractivity contribution < 1.29 is 4.79 Å². The number of amides is 1. The number of carbonyl (C=O) groups excluding carboxylic acids is 1. The molecule has 0 spiro atoms. The monoisotopic (exact) mass is 356 g/mol. The van der Waals surface area contributed by atoms with Crippen molar-refractivity contribution >= 4 is 17.4 Å². The molecule has 1 aromatic heterocycles. The Labute approximate surface area is 154 Å². The Morgan fingerprint density at radius 2 is 1.92 bits per heavy atom. The van der Waals surface area contributed by atoms with Gasteiger partial charge in [-0.25, -0.2) is 0 Å². The minimum absolute atomic E-state index is 0.107. The maximum Gasteiger partial charge on any atom is 0.254 e. The van der Waals surface area contributed by atoms with Gasteiger partial charge in [0.15, 0.2) is 0 Å². The van der Waals surface area contributed by atoms with E-state index < -0.39 is 5.91 Å². The lowest BCUT2D eigenvalue weighted by Crippen LogP contribution is -2.32. The molecule has 26 heavy (non-hydrogen) atoms. The Hall–Kier alpha value is -2.54. The molecule has 2 aliphatic rings. The van der Waals surface area contributed by atoms with Gasteiger partial charge >= 0.3 is 0 Å². The number of likely N-dealkylation sites (N-methyl/N-ethyl adjacent to an activating group) is 1. The first kappa shape index (κ1) is 18.3. The van der Waals surface area contributed by atoms with Crippen molar-refractivity contribution in [1.82, 2.24) is 15.1 Å².